The summed E-state index contributed by atoms with van der Waals surface area (Å²) < 4.78 is 13.4. The normalized spacial score (nSPS) is 12.6. The maximum absolute atomic E-state index is 12.8. The Bertz CT molecular complexity index is 409. The van der Waals surface area contributed by atoms with Crippen LogP contribution in [0.3, 0.4) is 0 Å². The van der Waals surface area contributed by atoms with Gasteiger partial charge in [-0.1, -0.05) is 13.8 Å². The molecule has 94 valence electrons. The zero-order valence-corrected chi connectivity index (χ0v) is 11.4. The summed E-state index contributed by atoms with van der Waals surface area (Å²) in [7, 11) is 0. The topological polar surface area (TPSA) is 55.1 Å². The second kappa shape index (κ2) is 6.12. The van der Waals surface area contributed by atoms with Gasteiger partial charge in [-0.2, -0.15) is 0 Å². The smallest absolute Gasteiger partial charge is 0.225 e. The summed E-state index contributed by atoms with van der Waals surface area (Å²) >= 11 is 3.18. The number of rotatable bonds is 4. The molecule has 1 aromatic carbocycles. The van der Waals surface area contributed by atoms with Crippen LogP contribution in [-0.4, -0.2) is 11.9 Å². The molecule has 0 spiro atoms. The van der Waals surface area contributed by atoms with E-state index in [0.717, 1.165) is 0 Å². The van der Waals surface area contributed by atoms with Gasteiger partial charge in [0.2, 0.25) is 5.91 Å². The van der Waals surface area contributed by atoms with Crippen LogP contribution in [0.4, 0.5) is 10.1 Å². The van der Waals surface area contributed by atoms with E-state index in [4.69, 9.17) is 5.73 Å². The number of halogens is 2. The van der Waals surface area contributed by atoms with Crippen molar-refractivity contribution in [3.8, 4) is 0 Å². The predicted octanol–water partition coefficient (Wildman–Crippen LogP) is 2.90. The number of nitrogens with two attached hydrogens (primary N) is 1. The minimum absolute atomic E-state index is 0.168. The molecule has 0 radical (unpaired) electrons. The molecule has 0 aliphatic heterocycles. The third-order valence-electron chi connectivity index (χ3n) is 2.48. The molecule has 1 unspecified atom stereocenters. The first-order valence-corrected chi connectivity index (χ1v) is 6.20. The molecule has 1 atom stereocenters. The molecule has 1 amide bonds. The summed E-state index contributed by atoms with van der Waals surface area (Å²) in [5.41, 5.74) is 6.35. The lowest BCUT2D eigenvalue weighted by Crippen LogP contribution is -2.31. The van der Waals surface area contributed by atoms with Crippen LogP contribution >= 0.6 is 15.9 Å². The number of hydrogen-bond donors (Lipinski definition) is 2. The summed E-state index contributed by atoms with van der Waals surface area (Å²) in [4.78, 5) is 11.7. The van der Waals surface area contributed by atoms with E-state index in [1.807, 2.05) is 13.8 Å². The van der Waals surface area contributed by atoms with Gasteiger partial charge >= 0.3 is 0 Å². The third-order valence-corrected chi connectivity index (χ3v) is 3.14. The average Bonchev–Trinajstić information content (AvgIpc) is 2.22. The Morgan fingerprint density at radius 3 is 2.71 bits per heavy atom. The summed E-state index contributed by atoms with van der Waals surface area (Å²) in [6.45, 7) is 3.93. The minimum Gasteiger partial charge on any atom is -0.327 e. The Morgan fingerprint density at radius 1 is 1.53 bits per heavy atom. The van der Waals surface area contributed by atoms with Crippen LogP contribution in [0.15, 0.2) is 22.7 Å². The molecule has 17 heavy (non-hydrogen) atoms. The lowest BCUT2D eigenvalue weighted by molar-refractivity contribution is -0.116. The molecule has 0 saturated heterocycles. The fourth-order valence-electron chi connectivity index (χ4n) is 1.24. The number of anilines is 1. The van der Waals surface area contributed by atoms with Crippen LogP contribution < -0.4 is 11.1 Å². The van der Waals surface area contributed by atoms with E-state index in [9.17, 15) is 9.18 Å². The second-order valence-electron chi connectivity index (χ2n) is 4.28. The van der Waals surface area contributed by atoms with Gasteiger partial charge in [-0.15, -0.1) is 0 Å². The zero-order chi connectivity index (χ0) is 13.0. The molecule has 5 heteroatoms. The molecular weight excluding hydrogens is 287 g/mol. The summed E-state index contributed by atoms with van der Waals surface area (Å²) in [6, 6.07) is 3.94. The van der Waals surface area contributed by atoms with Gasteiger partial charge in [0.05, 0.1) is 5.69 Å². The summed E-state index contributed by atoms with van der Waals surface area (Å²) in [6.07, 6.45) is 0.251. The van der Waals surface area contributed by atoms with Crippen molar-refractivity contribution in [1.82, 2.24) is 0 Å². The largest absolute Gasteiger partial charge is 0.327 e. The Labute approximate surface area is 109 Å². The highest BCUT2D eigenvalue weighted by Gasteiger charge is 2.13. The van der Waals surface area contributed by atoms with E-state index in [-0.39, 0.29) is 30.1 Å². The van der Waals surface area contributed by atoms with Crippen molar-refractivity contribution >= 4 is 27.5 Å². The van der Waals surface area contributed by atoms with Gasteiger partial charge in [0, 0.05) is 16.9 Å². The van der Waals surface area contributed by atoms with Crippen molar-refractivity contribution in [2.24, 2.45) is 11.7 Å². The van der Waals surface area contributed by atoms with Gasteiger partial charge in [0.1, 0.15) is 5.82 Å². The number of carbonyl (C=O) groups excluding carboxylic acids is 1. The van der Waals surface area contributed by atoms with Crippen molar-refractivity contribution in [2.45, 2.75) is 26.3 Å². The van der Waals surface area contributed by atoms with Crippen molar-refractivity contribution < 1.29 is 9.18 Å². The fraction of sp³-hybridized carbons (Fsp3) is 0.417. The van der Waals surface area contributed by atoms with Gasteiger partial charge in [-0.25, -0.2) is 4.39 Å². The van der Waals surface area contributed by atoms with Gasteiger partial charge in [-0.05, 0) is 40.0 Å². The maximum Gasteiger partial charge on any atom is 0.225 e. The molecule has 0 aromatic heterocycles. The Balaban J connectivity index is 2.62. The van der Waals surface area contributed by atoms with Crippen LogP contribution in [0.5, 0.6) is 0 Å². The predicted molar refractivity (Wildman–Crippen MR) is 70.2 cm³/mol. The third kappa shape index (κ3) is 4.44. The molecule has 3 nitrogen and oxygen atoms in total. The molecule has 0 fully saturated rings. The molecule has 1 aromatic rings. The van der Waals surface area contributed by atoms with Gasteiger partial charge in [0.15, 0.2) is 0 Å². The van der Waals surface area contributed by atoms with E-state index in [1.54, 1.807) is 0 Å². The minimum atomic E-state index is -0.353. The lowest BCUT2D eigenvalue weighted by atomic mass is 10.0. The fourth-order valence-corrected chi connectivity index (χ4v) is 1.69. The van der Waals surface area contributed by atoms with Crippen LogP contribution in [0.2, 0.25) is 0 Å². The van der Waals surface area contributed by atoms with Crippen molar-refractivity contribution in [2.75, 3.05) is 5.32 Å². The molecule has 0 aliphatic carbocycles. The second-order valence-corrected chi connectivity index (χ2v) is 5.14. The van der Waals surface area contributed by atoms with E-state index in [2.05, 4.69) is 21.2 Å². The highest BCUT2D eigenvalue weighted by molar-refractivity contribution is 9.10. The van der Waals surface area contributed by atoms with E-state index in [1.165, 1.54) is 18.2 Å². The number of nitrogens with one attached hydrogen (secondary N) is 1. The molecule has 0 saturated carbocycles. The monoisotopic (exact) mass is 302 g/mol. The number of benzene rings is 1. The molecule has 3 N–H and O–H groups in total. The standard InChI is InChI=1S/C12H16BrFN2O/c1-7(2)10(15)6-12(17)16-11-4-3-8(14)5-9(11)13/h3-5,7,10H,6,15H2,1-2H3,(H,16,17). The quantitative estimate of drug-likeness (QED) is 0.898. The average molecular weight is 303 g/mol. The lowest BCUT2D eigenvalue weighted by Gasteiger charge is -2.15. The van der Waals surface area contributed by atoms with Crippen molar-refractivity contribution in [3.63, 3.8) is 0 Å². The summed E-state index contributed by atoms with van der Waals surface area (Å²) in [5.74, 6) is -0.273. The van der Waals surface area contributed by atoms with Crippen LogP contribution in [0, 0.1) is 11.7 Å². The number of hydrogen-bond acceptors (Lipinski definition) is 2. The Morgan fingerprint density at radius 2 is 2.18 bits per heavy atom. The van der Waals surface area contributed by atoms with Gasteiger partial charge < -0.3 is 11.1 Å². The molecule has 0 heterocycles. The molecule has 0 aliphatic rings. The maximum atomic E-state index is 12.8. The SMILES string of the molecule is CC(C)C(N)CC(=O)Nc1ccc(F)cc1Br. The van der Waals surface area contributed by atoms with Crippen LogP contribution in [-0.2, 0) is 4.79 Å². The van der Waals surface area contributed by atoms with Gasteiger partial charge in [0.25, 0.3) is 0 Å². The first-order chi connectivity index (χ1) is 7.90. The first kappa shape index (κ1) is 14.1. The van der Waals surface area contributed by atoms with E-state index >= 15 is 0 Å². The highest BCUT2D eigenvalue weighted by Crippen LogP contribution is 2.23. The zero-order valence-electron chi connectivity index (χ0n) is 9.84. The summed E-state index contributed by atoms with van der Waals surface area (Å²) in [5, 5.41) is 2.69. The van der Waals surface area contributed by atoms with Crippen molar-refractivity contribution in [1.29, 1.82) is 0 Å². The molecular formula is C12H16BrFN2O. The van der Waals surface area contributed by atoms with E-state index < -0.39 is 0 Å². The highest BCUT2D eigenvalue weighted by atomic mass is 79.9. The molecule has 0 bridgehead atoms. The number of carbonyl (C=O) groups is 1. The van der Waals surface area contributed by atoms with Crippen LogP contribution in [0.25, 0.3) is 0 Å². The molecule has 1 rings (SSSR count). The number of amides is 1. The first-order valence-electron chi connectivity index (χ1n) is 5.40. The Hall–Kier alpha value is -0.940. The van der Waals surface area contributed by atoms with E-state index in [0.29, 0.717) is 10.2 Å². The van der Waals surface area contributed by atoms with Crippen molar-refractivity contribution in [3.05, 3.63) is 28.5 Å². The Kier molecular flexibility index (Phi) is 5.08. The van der Waals surface area contributed by atoms with Crippen LogP contribution in [0.1, 0.15) is 20.3 Å². The van der Waals surface area contributed by atoms with Gasteiger partial charge in [-0.3, -0.25) is 4.79 Å².